The molecule has 0 unspecified atom stereocenters. The third kappa shape index (κ3) is 5.98. The van der Waals surface area contributed by atoms with E-state index < -0.39 is 10.0 Å². The molecule has 0 spiro atoms. The molecule has 2 rings (SSSR count). The molecule has 0 saturated carbocycles. The highest BCUT2D eigenvalue weighted by molar-refractivity contribution is 7.89. The van der Waals surface area contributed by atoms with E-state index in [0.717, 1.165) is 25.7 Å². The number of nitrogens with zero attached hydrogens (tertiary/aromatic N) is 1. The number of nitrogens with one attached hydrogen (secondary N) is 1. The predicted molar refractivity (Wildman–Crippen MR) is 93.9 cm³/mol. The van der Waals surface area contributed by atoms with Crippen LogP contribution in [-0.4, -0.2) is 56.6 Å². The average Bonchev–Trinajstić information content (AvgIpc) is 2.90. The maximum absolute atomic E-state index is 12.7. The Kier molecular flexibility index (Phi) is 7.67. The number of rotatable bonds is 8. The summed E-state index contributed by atoms with van der Waals surface area (Å²) in [4.78, 5) is 11.8. The number of amides is 1. The summed E-state index contributed by atoms with van der Waals surface area (Å²) in [6.07, 6.45) is 4.42. The lowest BCUT2D eigenvalue weighted by Crippen LogP contribution is -2.32. The molecule has 0 aromatic heterocycles. The van der Waals surface area contributed by atoms with Crippen molar-refractivity contribution in [3.05, 3.63) is 24.3 Å². The predicted octanol–water partition coefficient (Wildman–Crippen LogP) is 1.13. The van der Waals surface area contributed by atoms with Crippen LogP contribution in [0.2, 0.25) is 0 Å². The van der Waals surface area contributed by atoms with E-state index in [2.05, 4.69) is 5.32 Å². The summed E-state index contributed by atoms with van der Waals surface area (Å²) in [5.74, 6) is 0.154. The van der Waals surface area contributed by atoms with Crippen molar-refractivity contribution in [1.82, 2.24) is 9.62 Å². The topological polar surface area (TPSA) is 95.9 Å². The summed E-state index contributed by atoms with van der Waals surface area (Å²) in [6, 6.07) is 6.15. The molecule has 2 N–H and O–H groups in total. The minimum absolute atomic E-state index is 0.0219. The molecule has 1 aliphatic heterocycles. The summed E-state index contributed by atoms with van der Waals surface area (Å²) < 4.78 is 32.2. The van der Waals surface area contributed by atoms with Gasteiger partial charge in [-0.15, -0.1) is 0 Å². The fraction of sp³-hybridized carbons (Fsp3) is 0.588. The number of hydrogen-bond acceptors (Lipinski definition) is 5. The van der Waals surface area contributed by atoms with E-state index in [1.807, 2.05) is 0 Å². The molecule has 1 aliphatic rings. The molecule has 1 amide bonds. The summed E-state index contributed by atoms with van der Waals surface area (Å²) in [6.45, 7) is 1.40. The number of benzene rings is 1. The third-order valence-corrected chi connectivity index (χ3v) is 5.97. The summed E-state index contributed by atoms with van der Waals surface area (Å²) >= 11 is 0. The van der Waals surface area contributed by atoms with Crippen molar-refractivity contribution in [3.8, 4) is 5.75 Å². The van der Waals surface area contributed by atoms with Gasteiger partial charge in [-0.2, -0.15) is 4.31 Å². The first-order valence-electron chi connectivity index (χ1n) is 8.64. The monoisotopic (exact) mass is 370 g/mol. The van der Waals surface area contributed by atoms with Crippen molar-refractivity contribution >= 4 is 15.9 Å². The van der Waals surface area contributed by atoms with Crippen LogP contribution in [0.5, 0.6) is 5.75 Å². The van der Waals surface area contributed by atoms with Crippen LogP contribution in [0.4, 0.5) is 0 Å². The van der Waals surface area contributed by atoms with Crippen molar-refractivity contribution in [2.75, 3.05) is 32.8 Å². The van der Waals surface area contributed by atoms with Crippen molar-refractivity contribution in [2.24, 2.45) is 0 Å². The Balaban J connectivity index is 1.91. The van der Waals surface area contributed by atoms with E-state index in [4.69, 9.17) is 9.84 Å². The van der Waals surface area contributed by atoms with Crippen molar-refractivity contribution in [3.63, 3.8) is 0 Å². The lowest BCUT2D eigenvalue weighted by Gasteiger charge is -2.20. The van der Waals surface area contributed by atoms with Crippen LogP contribution in [0.15, 0.2) is 29.2 Å². The summed E-state index contributed by atoms with van der Waals surface area (Å²) in [5, 5.41) is 11.3. The lowest BCUT2D eigenvalue weighted by atomic mass is 10.2. The molecule has 140 valence electrons. The SMILES string of the molecule is O=C(COc1ccc(S(=O)(=O)N2CCCCCC2)cc1)NCCCO. The largest absolute Gasteiger partial charge is 0.484 e. The smallest absolute Gasteiger partial charge is 0.257 e. The first kappa shape index (κ1) is 19.7. The van der Waals surface area contributed by atoms with E-state index in [9.17, 15) is 13.2 Å². The second-order valence-corrected chi connectivity index (χ2v) is 7.94. The van der Waals surface area contributed by atoms with E-state index >= 15 is 0 Å². The summed E-state index contributed by atoms with van der Waals surface area (Å²) in [5.41, 5.74) is 0. The first-order chi connectivity index (χ1) is 12.0. The van der Waals surface area contributed by atoms with E-state index in [0.29, 0.717) is 31.8 Å². The zero-order valence-corrected chi connectivity index (χ0v) is 15.1. The van der Waals surface area contributed by atoms with E-state index in [-0.39, 0.29) is 24.0 Å². The molecule has 1 aromatic rings. The molecule has 0 atom stereocenters. The van der Waals surface area contributed by atoms with Crippen LogP contribution in [0.3, 0.4) is 0 Å². The molecule has 1 heterocycles. The fourth-order valence-corrected chi connectivity index (χ4v) is 4.16. The highest BCUT2D eigenvalue weighted by Gasteiger charge is 2.24. The van der Waals surface area contributed by atoms with Crippen molar-refractivity contribution in [1.29, 1.82) is 0 Å². The van der Waals surface area contributed by atoms with Gasteiger partial charge in [-0.25, -0.2) is 8.42 Å². The van der Waals surface area contributed by atoms with Gasteiger partial charge in [0.2, 0.25) is 10.0 Å². The second-order valence-electron chi connectivity index (χ2n) is 6.01. The van der Waals surface area contributed by atoms with Gasteiger partial charge < -0.3 is 15.2 Å². The molecule has 0 radical (unpaired) electrons. The third-order valence-electron chi connectivity index (χ3n) is 4.05. The Bertz CT molecular complexity index is 638. The first-order valence-corrected chi connectivity index (χ1v) is 10.1. The van der Waals surface area contributed by atoms with E-state index in [1.165, 1.54) is 12.1 Å². The average molecular weight is 370 g/mol. The highest BCUT2D eigenvalue weighted by Crippen LogP contribution is 2.22. The Morgan fingerprint density at radius 3 is 2.36 bits per heavy atom. The van der Waals surface area contributed by atoms with Gasteiger partial charge in [0.25, 0.3) is 5.91 Å². The number of hydrogen-bond donors (Lipinski definition) is 2. The van der Waals surface area contributed by atoms with Gasteiger partial charge >= 0.3 is 0 Å². The van der Waals surface area contributed by atoms with Crippen molar-refractivity contribution in [2.45, 2.75) is 37.0 Å². The van der Waals surface area contributed by atoms with Gasteiger partial charge in [-0.05, 0) is 43.5 Å². The molecule has 0 aliphatic carbocycles. The Morgan fingerprint density at radius 1 is 1.12 bits per heavy atom. The van der Waals surface area contributed by atoms with Gasteiger partial charge in [0.05, 0.1) is 4.90 Å². The van der Waals surface area contributed by atoms with E-state index in [1.54, 1.807) is 16.4 Å². The normalized spacial score (nSPS) is 16.2. The zero-order valence-electron chi connectivity index (χ0n) is 14.3. The number of sulfonamides is 1. The van der Waals surface area contributed by atoms with Crippen LogP contribution in [0, 0.1) is 0 Å². The number of aliphatic hydroxyl groups excluding tert-OH is 1. The quantitative estimate of drug-likeness (QED) is 0.669. The minimum Gasteiger partial charge on any atom is -0.484 e. The Hall–Kier alpha value is -1.64. The molecular formula is C17H26N2O5S. The Morgan fingerprint density at radius 2 is 1.76 bits per heavy atom. The van der Waals surface area contributed by atoms with Crippen molar-refractivity contribution < 1.29 is 23.1 Å². The number of carbonyl (C=O) groups excluding carboxylic acids is 1. The van der Waals surface area contributed by atoms with Crippen LogP contribution in [-0.2, 0) is 14.8 Å². The van der Waals surface area contributed by atoms with Gasteiger partial charge in [-0.1, -0.05) is 12.8 Å². The zero-order chi connectivity index (χ0) is 18.1. The van der Waals surface area contributed by atoms with Gasteiger partial charge in [0.1, 0.15) is 5.75 Å². The maximum Gasteiger partial charge on any atom is 0.257 e. The molecule has 7 nitrogen and oxygen atoms in total. The lowest BCUT2D eigenvalue weighted by molar-refractivity contribution is -0.123. The van der Waals surface area contributed by atoms with Crippen LogP contribution < -0.4 is 10.1 Å². The van der Waals surface area contributed by atoms with Gasteiger partial charge in [-0.3, -0.25) is 4.79 Å². The minimum atomic E-state index is -3.47. The Labute approximate surface area is 149 Å². The maximum atomic E-state index is 12.7. The molecule has 1 aromatic carbocycles. The van der Waals surface area contributed by atoms with Gasteiger partial charge in [0.15, 0.2) is 6.61 Å². The molecular weight excluding hydrogens is 344 g/mol. The molecule has 1 saturated heterocycles. The van der Waals surface area contributed by atoms with Gasteiger partial charge in [0, 0.05) is 26.2 Å². The number of carbonyl (C=O) groups is 1. The van der Waals surface area contributed by atoms with Crippen LogP contribution in [0.1, 0.15) is 32.1 Å². The highest BCUT2D eigenvalue weighted by atomic mass is 32.2. The number of ether oxygens (including phenoxy) is 1. The second kappa shape index (κ2) is 9.74. The van der Waals surface area contributed by atoms with Crippen LogP contribution >= 0.6 is 0 Å². The molecule has 1 fully saturated rings. The standard InChI is InChI=1S/C17H26N2O5S/c20-13-5-10-18-17(21)14-24-15-6-8-16(9-7-15)25(22,23)19-11-3-1-2-4-12-19/h6-9,20H,1-5,10-14H2,(H,18,21). The fourth-order valence-electron chi connectivity index (χ4n) is 2.65. The number of aliphatic hydroxyl groups is 1. The molecule has 0 bridgehead atoms. The van der Waals surface area contributed by atoms with Crippen LogP contribution in [0.25, 0.3) is 0 Å². The molecule has 8 heteroatoms. The summed E-state index contributed by atoms with van der Waals surface area (Å²) in [7, 11) is -3.47. The molecule has 25 heavy (non-hydrogen) atoms.